The van der Waals surface area contributed by atoms with Gasteiger partial charge in [0.05, 0.1) is 22.7 Å². The Balaban J connectivity index is 1.61. The summed E-state index contributed by atoms with van der Waals surface area (Å²) >= 11 is 11.2. The molecular weight excluding hydrogens is 558 g/mol. The SMILES string of the molecule is Cc1ccccc1CSc1ncc(Cl)c(C(=O)N(Cc2cccc(Br)c2)C2CCS(=O)(=O)C2)n1. The summed E-state index contributed by atoms with van der Waals surface area (Å²) in [4.78, 5) is 24.0. The van der Waals surface area contributed by atoms with Gasteiger partial charge in [0.15, 0.2) is 20.7 Å². The van der Waals surface area contributed by atoms with Crippen LogP contribution in [0.4, 0.5) is 0 Å². The van der Waals surface area contributed by atoms with E-state index in [2.05, 4.69) is 25.9 Å². The zero-order valence-corrected chi connectivity index (χ0v) is 22.4. The summed E-state index contributed by atoms with van der Waals surface area (Å²) in [5, 5.41) is 0.586. The Morgan fingerprint density at radius 1 is 1.24 bits per heavy atom. The highest BCUT2D eigenvalue weighted by Crippen LogP contribution is 2.27. The molecule has 6 nitrogen and oxygen atoms in total. The van der Waals surface area contributed by atoms with Crippen LogP contribution >= 0.6 is 39.3 Å². The Morgan fingerprint density at radius 3 is 2.74 bits per heavy atom. The molecule has 10 heteroatoms. The first-order valence-electron chi connectivity index (χ1n) is 10.7. The Labute approximate surface area is 217 Å². The molecule has 1 atom stereocenters. The molecule has 0 spiro atoms. The Bertz CT molecular complexity index is 1320. The van der Waals surface area contributed by atoms with E-state index in [9.17, 15) is 13.2 Å². The van der Waals surface area contributed by atoms with Crippen LogP contribution in [0.5, 0.6) is 0 Å². The Hall–Kier alpha value is -1.94. The van der Waals surface area contributed by atoms with Gasteiger partial charge in [-0.25, -0.2) is 18.4 Å². The summed E-state index contributed by atoms with van der Waals surface area (Å²) in [6.07, 6.45) is 1.82. The second kappa shape index (κ2) is 10.8. The zero-order valence-electron chi connectivity index (χ0n) is 18.4. The molecule has 0 N–H and O–H groups in total. The van der Waals surface area contributed by atoms with Gasteiger partial charge in [-0.2, -0.15) is 0 Å². The van der Waals surface area contributed by atoms with Crippen molar-refractivity contribution >= 4 is 55.0 Å². The first-order valence-corrected chi connectivity index (χ1v) is 14.7. The molecule has 1 amide bonds. The Morgan fingerprint density at radius 2 is 2.03 bits per heavy atom. The van der Waals surface area contributed by atoms with Crippen molar-refractivity contribution in [3.05, 3.63) is 86.6 Å². The van der Waals surface area contributed by atoms with Gasteiger partial charge in [0, 0.05) is 22.8 Å². The Kier molecular flexibility index (Phi) is 7.97. The van der Waals surface area contributed by atoms with Crippen LogP contribution in [-0.4, -0.2) is 46.7 Å². The number of amides is 1. The number of halogens is 2. The smallest absolute Gasteiger partial charge is 0.274 e. The first-order chi connectivity index (χ1) is 16.2. The molecule has 1 fully saturated rings. The minimum atomic E-state index is -3.19. The minimum absolute atomic E-state index is 0.0644. The van der Waals surface area contributed by atoms with Gasteiger partial charge in [-0.05, 0) is 42.2 Å². The van der Waals surface area contributed by atoms with Crippen LogP contribution in [0.1, 0.15) is 33.6 Å². The second-order valence-electron chi connectivity index (χ2n) is 8.18. The lowest BCUT2D eigenvalue weighted by atomic mass is 10.1. The van der Waals surface area contributed by atoms with Crippen LogP contribution in [0.15, 0.2) is 64.4 Å². The zero-order chi connectivity index (χ0) is 24.3. The van der Waals surface area contributed by atoms with Crippen molar-refractivity contribution in [2.45, 2.75) is 36.8 Å². The molecule has 0 bridgehead atoms. The lowest BCUT2D eigenvalue weighted by molar-refractivity contribution is 0.0674. The van der Waals surface area contributed by atoms with Crippen LogP contribution in [0.3, 0.4) is 0 Å². The normalized spacial score (nSPS) is 17.0. The lowest BCUT2D eigenvalue weighted by Crippen LogP contribution is -2.41. The van der Waals surface area contributed by atoms with Crippen LogP contribution < -0.4 is 0 Å². The lowest BCUT2D eigenvalue weighted by Gasteiger charge is -2.28. The standard InChI is InChI=1S/C24H23BrClN3O3S2/c1-16-5-2-3-7-18(16)14-33-24-27-12-21(26)22(28-24)23(30)29(20-9-10-34(31,32)15-20)13-17-6-4-8-19(25)11-17/h2-8,11-12,20H,9-10,13-15H2,1H3. The van der Waals surface area contributed by atoms with E-state index >= 15 is 0 Å². The summed E-state index contributed by atoms with van der Waals surface area (Å²) in [7, 11) is -3.19. The number of hydrogen-bond donors (Lipinski definition) is 0. The molecule has 0 aliphatic carbocycles. The number of sulfone groups is 1. The van der Waals surface area contributed by atoms with Crippen LogP contribution in [0.2, 0.25) is 5.02 Å². The van der Waals surface area contributed by atoms with Crippen LogP contribution in [0, 0.1) is 6.92 Å². The van der Waals surface area contributed by atoms with Gasteiger partial charge >= 0.3 is 0 Å². The highest BCUT2D eigenvalue weighted by molar-refractivity contribution is 9.10. The van der Waals surface area contributed by atoms with E-state index in [-0.39, 0.29) is 28.8 Å². The van der Waals surface area contributed by atoms with Crippen molar-refractivity contribution in [2.24, 2.45) is 0 Å². The predicted octanol–water partition coefficient (Wildman–Crippen LogP) is 5.32. The number of rotatable bonds is 7. The van der Waals surface area contributed by atoms with Crippen LogP contribution in [-0.2, 0) is 22.1 Å². The number of benzene rings is 2. The molecule has 2 aromatic carbocycles. The highest BCUT2D eigenvalue weighted by Gasteiger charge is 2.36. The number of aromatic nitrogens is 2. The molecule has 0 saturated carbocycles. The van der Waals surface area contributed by atoms with Crippen molar-refractivity contribution < 1.29 is 13.2 Å². The number of carbonyl (C=O) groups excluding carboxylic acids is 1. The van der Waals surface area contributed by atoms with E-state index in [0.29, 0.717) is 17.3 Å². The van der Waals surface area contributed by atoms with Gasteiger partial charge < -0.3 is 4.90 Å². The minimum Gasteiger partial charge on any atom is -0.329 e. The van der Waals surface area contributed by atoms with Crippen molar-refractivity contribution in [2.75, 3.05) is 11.5 Å². The van der Waals surface area contributed by atoms with Gasteiger partial charge in [-0.1, -0.05) is 75.7 Å². The average molecular weight is 581 g/mol. The maximum atomic E-state index is 13.7. The van der Waals surface area contributed by atoms with E-state index in [4.69, 9.17) is 11.6 Å². The molecule has 34 heavy (non-hydrogen) atoms. The van der Waals surface area contributed by atoms with Gasteiger partial charge in [-0.15, -0.1) is 0 Å². The summed E-state index contributed by atoms with van der Waals surface area (Å²) in [5.41, 5.74) is 3.30. The van der Waals surface area contributed by atoms with Gasteiger partial charge in [0.2, 0.25) is 0 Å². The van der Waals surface area contributed by atoms with Gasteiger partial charge in [-0.3, -0.25) is 4.79 Å². The van der Waals surface area contributed by atoms with Crippen molar-refractivity contribution in [1.82, 2.24) is 14.9 Å². The summed E-state index contributed by atoms with van der Waals surface area (Å²) in [6, 6.07) is 15.2. The fourth-order valence-electron chi connectivity index (χ4n) is 3.84. The number of carbonyl (C=O) groups is 1. The van der Waals surface area contributed by atoms with Crippen molar-refractivity contribution in [3.8, 4) is 0 Å². The molecule has 1 aliphatic rings. The van der Waals surface area contributed by atoms with E-state index < -0.39 is 21.8 Å². The first kappa shape index (κ1) is 25.2. The molecule has 2 heterocycles. The topological polar surface area (TPSA) is 80.2 Å². The predicted molar refractivity (Wildman–Crippen MR) is 139 cm³/mol. The second-order valence-corrected chi connectivity index (χ2v) is 12.7. The molecule has 1 aromatic heterocycles. The van der Waals surface area contributed by atoms with E-state index in [1.54, 1.807) is 4.90 Å². The number of hydrogen-bond acceptors (Lipinski definition) is 6. The third-order valence-corrected chi connectivity index (χ3v) is 9.13. The van der Waals surface area contributed by atoms with Gasteiger partial charge in [0.25, 0.3) is 5.91 Å². The van der Waals surface area contributed by atoms with Crippen molar-refractivity contribution in [1.29, 1.82) is 0 Å². The fourth-order valence-corrected chi connectivity index (χ4v) is 7.08. The molecule has 0 radical (unpaired) electrons. The summed E-state index contributed by atoms with van der Waals surface area (Å²) in [5.74, 6) is 0.261. The number of thioether (sulfide) groups is 1. The highest BCUT2D eigenvalue weighted by atomic mass is 79.9. The number of nitrogens with zero attached hydrogens (tertiary/aromatic N) is 3. The van der Waals surface area contributed by atoms with E-state index in [1.807, 2.05) is 55.5 Å². The maximum Gasteiger partial charge on any atom is 0.274 e. The average Bonchev–Trinajstić information content (AvgIpc) is 3.17. The van der Waals surface area contributed by atoms with Gasteiger partial charge in [0.1, 0.15) is 0 Å². The molecule has 178 valence electrons. The monoisotopic (exact) mass is 579 g/mol. The molecule has 4 rings (SSSR count). The molecular formula is C24H23BrClN3O3S2. The third kappa shape index (κ3) is 6.19. The van der Waals surface area contributed by atoms with E-state index in [0.717, 1.165) is 15.6 Å². The van der Waals surface area contributed by atoms with E-state index in [1.165, 1.54) is 23.5 Å². The molecule has 1 saturated heterocycles. The molecule has 3 aromatic rings. The summed E-state index contributed by atoms with van der Waals surface area (Å²) in [6.45, 7) is 2.30. The maximum absolute atomic E-state index is 13.7. The van der Waals surface area contributed by atoms with Crippen molar-refractivity contribution in [3.63, 3.8) is 0 Å². The summed E-state index contributed by atoms with van der Waals surface area (Å²) < 4.78 is 25.2. The number of aryl methyl sites for hydroxylation is 1. The largest absolute Gasteiger partial charge is 0.329 e. The third-order valence-electron chi connectivity index (χ3n) is 5.69. The molecule has 1 aliphatic heterocycles. The quantitative estimate of drug-likeness (QED) is 0.278. The van der Waals surface area contributed by atoms with Crippen LogP contribution in [0.25, 0.3) is 0 Å². The molecule has 1 unspecified atom stereocenters. The fraction of sp³-hybridized carbons (Fsp3) is 0.292.